The van der Waals surface area contributed by atoms with Crippen LogP contribution in [0.1, 0.15) is 24.8 Å². The van der Waals surface area contributed by atoms with E-state index in [9.17, 15) is 4.79 Å². The van der Waals surface area contributed by atoms with Crippen LogP contribution < -0.4 is 0 Å². The maximum absolute atomic E-state index is 11.0. The first-order valence-electron chi connectivity index (χ1n) is 4.36. The fourth-order valence-corrected chi connectivity index (χ4v) is 1.40. The van der Waals surface area contributed by atoms with Crippen molar-refractivity contribution in [3.8, 4) is 0 Å². The van der Waals surface area contributed by atoms with Gasteiger partial charge < -0.3 is 4.43 Å². The van der Waals surface area contributed by atoms with Crippen LogP contribution >= 0.6 is 0 Å². The number of hydrogen-bond acceptors (Lipinski definition) is 2. The van der Waals surface area contributed by atoms with Crippen molar-refractivity contribution in [3.05, 3.63) is 35.9 Å². The normalized spacial score (nSPS) is 12.4. The predicted octanol–water partition coefficient (Wildman–Crippen LogP) is 1.00. The SMILES string of the molecule is CC(CC(=O)O[SiH3])c1ccccc1. The molecule has 0 saturated carbocycles. The number of carbonyl (C=O) groups is 1. The standard InChI is InChI=1S/C10H14O2Si/c1-8(7-10(11)12-13)9-5-3-2-4-6-9/h2-6,8H,7H2,1,13H3. The Labute approximate surface area is 81.5 Å². The molecule has 0 amide bonds. The molecule has 0 N–H and O–H groups in total. The van der Waals surface area contributed by atoms with E-state index in [-0.39, 0.29) is 11.9 Å². The van der Waals surface area contributed by atoms with Gasteiger partial charge in [0, 0.05) is 0 Å². The third-order valence-electron chi connectivity index (χ3n) is 2.07. The van der Waals surface area contributed by atoms with Crippen molar-refractivity contribution in [3.63, 3.8) is 0 Å². The molecule has 0 aliphatic carbocycles. The molecule has 1 atom stereocenters. The summed E-state index contributed by atoms with van der Waals surface area (Å²) in [6.45, 7) is 2.04. The Hall–Kier alpha value is -1.09. The second kappa shape index (κ2) is 4.82. The molecule has 0 bridgehead atoms. The van der Waals surface area contributed by atoms with Crippen LogP contribution in [0.2, 0.25) is 0 Å². The Morgan fingerprint density at radius 2 is 2.08 bits per heavy atom. The van der Waals surface area contributed by atoms with Crippen LogP contribution in [-0.2, 0) is 9.22 Å². The van der Waals surface area contributed by atoms with Gasteiger partial charge in [-0.1, -0.05) is 37.3 Å². The van der Waals surface area contributed by atoms with Gasteiger partial charge in [0.1, 0.15) is 0 Å². The van der Waals surface area contributed by atoms with Crippen LogP contribution in [0.15, 0.2) is 30.3 Å². The van der Waals surface area contributed by atoms with E-state index in [2.05, 4.69) is 0 Å². The molecule has 0 aliphatic heterocycles. The van der Waals surface area contributed by atoms with Gasteiger partial charge in [0.2, 0.25) is 10.5 Å². The number of benzene rings is 1. The molecular formula is C10H14O2Si. The Morgan fingerprint density at radius 1 is 1.46 bits per heavy atom. The highest BCUT2D eigenvalue weighted by Crippen LogP contribution is 2.18. The second-order valence-corrected chi connectivity index (χ2v) is 3.50. The van der Waals surface area contributed by atoms with E-state index in [1.807, 2.05) is 37.3 Å². The lowest BCUT2D eigenvalue weighted by Crippen LogP contribution is -2.06. The van der Waals surface area contributed by atoms with E-state index >= 15 is 0 Å². The van der Waals surface area contributed by atoms with Crippen LogP contribution in [0, 0.1) is 0 Å². The average molecular weight is 194 g/mol. The van der Waals surface area contributed by atoms with E-state index in [0.717, 1.165) is 0 Å². The topological polar surface area (TPSA) is 26.3 Å². The monoisotopic (exact) mass is 194 g/mol. The van der Waals surface area contributed by atoms with Crippen molar-refractivity contribution in [1.82, 2.24) is 0 Å². The molecule has 0 heterocycles. The molecule has 2 nitrogen and oxygen atoms in total. The van der Waals surface area contributed by atoms with Gasteiger partial charge in [-0.3, -0.25) is 4.79 Å². The first-order valence-corrected chi connectivity index (χ1v) is 5.17. The van der Waals surface area contributed by atoms with E-state index in [4.69, 9.17) is 4.43 Å². The van der Waals surface area contributed by atoms with E-state index in [1.165, 1.54) is 5.56 Å². The number of carbonyl (C=O) groups excluding carboxylic acids is 1. The van der Waals surface area contributed by atoms with Crippen molar-refractivity contribution < 1.29 is 9.22 Å². The molecule has 70 valence electrons. The maximum atomic E-state index is 11.0. The van der Waals surface area contributed by atoms with Gasteiger partial charge in [0.15, 0.2) is 0 Å². The molecule has 0 saturated heterocycles. The summed E-state index contributed by atoms with van der Waals surface area (Å²) in [5, 5.41) is 0. The zero-order valence-electron chi connectivity index (χ0n) is 7.99. The molecule has 0 fully saturated rings. The zero-order valence-corrected chi connectivity index (χ0v) is 9.99. The summed E-state index contributed by atoms with van der Waals surface area (Å²) in [4.78, 5) is 11.0. The fourth-order valence-electron chi connectivity index (χ4n) is 1.23. The largest absolute Gasteiger partial charge is 0.529 e. The minimum atomic E-state index is -0.0944. The van der Waals surface area contributed by atoms with Gasteiger partial charge in [-0.2, -0.15) is 0 Å². The zero-order chi connectivity index (χ0) is 9.68. The summed E-state index contributed by atoms with van der Waals surface area (Å²) in [6, 6.07) is 10.0. The van der Waals surface area contributed by atoms with Gasteiger partial charge in [0.25, 0.3) is 5.97 Å². The summed E-state index contributed by atoms with van der Waals surface area (Å²) in [5.41, 5.74) is 1.19. The molecular weight excluding hydrogens is 180 g/mol. The third-order valence-corrected chi connectivity index (χ3v) is 2.52. The van der Waals surface area contributed by atoms with Gasteiger partial charge >= 0.3 is 0 Å². The first-order chi connectivity index (χ1) is 6.24. The minimum absolute atomic E-state index is 0.0944. The van der Waals surface area contributed by atoms with Crippen molar-refractivity contribution in [2.45, 2.75) is 19.3 Å². The highest BCUT2D eigenvalue weighted by molar-refractivity contribution is 6.05. The van der Waals surface area contributed by atoms with Gasteiger partial charge in [0.05, 0.1) is 6.42 Å². The second-order valence-electron chi connectivity index (χ2n) is 3.09. The van der Waals surface area contributed by atoms with E-state index < -0.39 is 0 Å². The van der Waals surface area contributed by atoms with Crippen LogP contribution in [0.4, 0.5) is 0 Å². The van der Waals surface area contributed by atoms with E-state index in [1.54, 1.807) is 0 Å². The highest BCUT2D eigenvalue weighted by atomic mass is 28.2. The smallest absolute Gasteiger partial charge is 0.292 e. The molecule has 1 unspecified atom stereocenters. The van der Waals surface area contributed by atoms with Crippen molar-refractivity contribution in [2.75, 3.05) is 0 Å². The van der Waals surface area contributed by atoms with Crippen LogP contribution in [0.5, 0.6) is 0 Å². The molecule has 1 aromatic rings. The summed E-state index contributed by atoms with van der Waals surface area (Å²) in [6.07, 6.45) is 0.480. The molecule has 0 radical (unpaired) electrons. The number of rotatable bonds is 3. The van der Waals surface area contributed by atoms with Crippen LogP contribution in [0.3, 0.4) is 0 Å². The van der Waals surface area contributed by atoms with Crippen LogP contribution in [0.25, 0.3) is 0 Å². The third kappa shape index (κ3) is 3.03. The molecule has 0 aromatic heterocycles. The van der Waals surface area contributed by atoms with Gasteiger partial charge in [-0.15, -0.1) is 0 Å². The first kappa shape index (κ1) is 9.99. The van der Waals surface area contributed by atoms with Crippen molar-refractivity contribution in [1.29, 1.82) is 0 Å². The Kier molecular flexibility index (Phi) is 3.70. The summed E-state index contributed by atoms with van der Waals surface area (Å²) in [7, 11) is 0.491. The Balaban J connectivity index is 2.59. The highest BCUT2D eigenvalue weighted by Gasteiger charge is 2.09. The maximum Gasteiger partial charge on any atom is 0.292 e. The fraction of sp³-hybridized carbons (Fsp3) is 0.300. The van der Waals surface area contributed by atoms with Crippen molar-refractivity contribution >= 4 is 16.5 Å². The molecule has 0 aliphatic rings. The predicted molar refractivity (Wildman–Crippen MR) is 55.5 cm³/mol. The summed E-state index contributed by atoms with van der Waals surface area (Å²) >= 11 is 0. The Morgan fingerprint density at radius 3 is 2.62 bits per heavy atom. The lowest BCUT2D eigenvalue weighted by molar-refractivity contribution is -0.134. The molecule has 0 spiro atoms. The van der Waals surface area contributed by atoms with Crippen molar-refractivity contribution in [2.24, 2.45) is 0 Å². The lowest BCUT2D eigenvalue weighted by atomic mass is 9.98. The van der Waals surface area contributed by atoms with Gasteiger partial charge in [-0.25, -0.2) is 0 Å². The average Bonchev–Trinajstić information content (AvgIpc) is 2.19. The minimum Gasteiger partial charge on any atom is -0.529 e. The molecule has 1 rings (SSSR count). The molecule has 1 aromatic carbocycles. The molecule has 13 heavy (non-hydrogen) atoms. The lowest BCUT2D eigenvalue weighted by Gasteiger charge is -2.09. The van der Waals surface area contributed by atoms with E-state index in [0.29, 0.717) is 16.9 Å². The van der Waals surface area contributed by atoms with Gasteiger partial charge in [-0.05, 0) is 11.5 Å². The van der Waals surface area contributed by atoms with Crippen LogP contribution in [-0.4, -0.2) is 16.5 Å². The molecule has 3 heteroatoms. The summed E-state index contributed by atoms with van der Waals surface area (Å²) < 4.78 is 4.74. The number of hydrogen-bond donors (Lipinski definition) is 0. The quantitative estimate of drug-likeness (QED) is 0.671. The Bertz CT molecular complexity index is 272. The summed E-state index contributed by atoms with van der Waals surface area (Å²) in [5.74, 6) is 0.158.